The van der Waals surface area contributed by atoms with Gasteiger partial charge in [0.25, 0.3) is 0 Å². The summed E-state index contributed by atoms with van der Waals surface area (Å²) in [6, 6.07) is 7.25. The van der Waals surface area contributed by atoms with E-state index < -0.39 is 9.84 Å². The zero-order valence-corrected chi connectivity index (χ0v) is 10.3. The molecule has 0 atom stereocenters. The summed E-state index contributed by atoms with van der Waals surface area (Å²) in [7, 11) is -3.06. The lowest BCUT2D eigenvalue weighted by Crippen LogP contribution is -2.17. The Morgan fingerprint density at radius 2 is 1.69 bits per heavy atom. The highest BCUT2D eigenvalue weighted by molar-refractivity contribution is 7.91. The molecule has 1 aromatic rings. The molecule has 0 radical (unpaired) electrons. The molecule has 0 bridgehead atoms. The zero-order chi connectivity index (χ0) is 11.6. The average molecular weight is 239 g/mol. The van der Waals surface area contributed by atoms with E-state index in [2.05, 4.69) is 4.90 Å². The molecule has 1 aromatic carbocycles. The van der Waals surface area contributed by atoms with Crippen LogP contribution in [-0.2, 0) is 9.84 Å². The van der Waals surface area contributed by atoms with E-state index in [1.165, 1.54) is 12.8 Å². The van der Waals surface area contributed by atoms with Gasteiger partial charge in [0.2, 0.25) is 0 Å². The fourth-order valence-electron chi connectivity index (χ4n) is 2.01. The van der Waals surface area contributed by atoms with Gasteiger partial charge in [-0.3, -0.25) is 0 Å². The molecule has 0 N–H and O–H groups in total. The van der Waals surface area contributed by atoms with Crippen molar-refractivity contribution < 1.29 is 8.42 Å². The van der Waals surface area contributed by atoms with Gasteiger partial charge < -0.3 is 4.90 Å². The summed E-state index contributed by atoms with van der Waals surface area (Å²) in [5.74, 6) is 0.163. The van der Waals surface area contributed by atoms with E-state index in [9.17, 15) is 8.42 Å². The van der Waals surface area contributed by atoms with Gasteiger partial charge in [-0.25, -0.2) is 8.42 Å². The molecule has 0 spiro atoms. The summed E-state index contributed by atoms with van der Waals surface area (Å²) in [5.41, 5.74) is 1.13. The van der Waals surface area contributed by atoms with Crippen LogP contribution in [0.1, 0.15) is 19.8 Å². The zero-order valence-electron chi connectivity index (χ0n) is 9.52. The molecule has 1 heterocycles. The minimum Gasteiger partial charge on any atom is -0.372 e. The van der Waals surface area contributed by atoms with Crippen LogP contribution in [0.3, 0.4) is 0 Å². The van der Waals surface area contributed by atoms with Crippen molar-refractivity contribution in [3.05, 3.63) is 24.3 Å². The first-order valence-electron chi connectivity index (χ1n) is 5.71. The lowest BCUT2D eigenvalue weighted by atomic mass is 10.3. The second-order valence-corrected chi connectivity index (χ2v) is 6.37. The van der Waals surface area contributed by atoms with Gasteiger partial charge in [-0.05, 0) is 37.1 Å². The molecule has 0 saturated carbocycles. The van der Waals surface area contributed by atoms with Crippen molar-refractivity contribution in [1.29, 1.82) is 0 Å². The maximum Gasteiger partial charge on any atom is 0.178 e. The van der Waals surface area contributed by atoms with E-state index >= 15 is 0 Å². The third-order valence-electron chi connectivity index (χ3n) is 3.05. The van der Waals surface area contributed by atoms with Crippen LogP contribution in [0.4, 0.5) is 5.69 Å². The van der Waals surface area contributed by atoms with Gasteiger partial charge in [-0.15, -0.1) is 0 Å². The first-order chi connectivity index (χ1) is 7.63. The molecule has 3 nitrogen and oxygen atoms in total. The molecule has 1 aliphatic rings. The Hall–Kier alpha value is -1.03. The molecule has 1 saturated heterocycles. The van der Waals surface area contributed by atoms with Crippen molar-refractivity contribution in [2.45, 2.75) is 24.7 Å². The first kappa shape index (κ1) is 11.5. The maximum absolute atomic E-state index is 11.6. The van der Waals surface area contributed by atoms with Gasteiger partial charge in [0.05, 0.1) is 10.6 Å². The molecule has 88 valence electrons. The summed E-state index contributed by atoms with van der Waals surface area (Å²) in [6.45, 7) is 3.84. The molecule has 0 amide bonds. The molecule has 2 rings (SSSR count). The maximum atomic E-state index is 11.6. The second-order valence-electron chi connectivity index (χ2n) is 4.09. The number of sulfone groups is 1. The van der Waals surface area contributed by atoms with Gasteiger partial charge in [0.15, 0.2) is 9.84 Å². The standard InChI is InChI=1S/C12H17NO2S/c1-2-16(14,15)12-7-5-11(6-8-12)13-9-3-4-10-13/h5-8H,2-4,9-10H2,1H3. The van der Waals surface area contributed by atoms with Crippen molar-refractivity contribution in [1.82, 2.24) is 0 Å². The van der Waals surface area contributed by atoms with Crippen LogP contribution < -0.4 is 4.90 Å². The Morgan fingerprint density at radius 1 is 1.12 bits per heavy atom. The molecule has 1 aliphatic heterocycles. The monoisotopic (exact) mass is 239 g/mol. The third kappa shape index (κ3) is 2.21. The average Bonchev–Trinajstić information content (AvgIpc) is 2.83. The highest BCUT2D eigenvalue weighted by atomic mass is 32.2. The first-order valence-corrected chi connectivity index (χ1v) is 7.36. The topological polar surface area (TPSA) is 37.4 Å². The van der Waals surface area contributed by atoms with Crippen LogP contribution in [0.5, 0.6) is 0 Å². The van der Waals surface area contributed by atoms with E-state index in [0.717, 1.165) is 18.8 Å². The van der Waals surface area contributed by atoms with E-state index in [-0.39, 0.29) is 5.75 Å². The fraction of sp³-hybridized carbons (Fsp3) is 0.500. The van der Waals surface area contributed by atoms with Crippen LogP contribution in [0.15, 0.2) is 29.2 Å². The number of anilines is 1. The van der Waals surface area contributed by atoms with E-state index in [0.29, 0.717) is 4.90 Å². The number of hydrogen-bond donors (Lipinski definition) is 0. The quantitative estimate of drug-likeness (QED) is 0.810. The van der Waals surface area contributed by atoms with E-state index in [1.807, 2.05) is 12.1 Å². The van der Waals surface area contributed by atoms with Gasteiger partial charge >= 0.3 is 0 Å². The molecule has 0 unspecified atom stereocenters. The summed E-state index contributed by atoms with van der Waals surface area (Å²) in [4.78, 5) is 2.72. The minimum absolute atomic E-state index is 0.163. The molecular formula is C12H17NO2S. The molecular weight excluding hydrogens is 222 g/mol. The molecule has 0 aromatic heterocycles. The van der Waals surface area contributed by atoms with Crippen molar-refractivity contribution in [3.63, 3.8) is 0 Å². The Kier molecular flexibility index (Phi) is 3.19. The Bertz CT molecular complexity index is 444. The largest absolute Gasteiger partial charge is 0.372 e. The number of nitrogens with zero attached hydrogens (tertiary/aromatic N) is 1. The lowest BCUT2D eigenvalue weighted by molar-refractivity contribution is 0.597. The molecule has 16 heavy (non-hydrogen) atoms. The Balaban J connectivity index is 2.22. The third-order valence-corrected chi connectivity index (χ3v) is 4.80. The number of rotatable bonds is 3. The van der Waals surface area contributed by atoms with Crippen LogP contribution in [-0.4, -0.2) is 27.3 Å². The lowest BCUT2D eigenvalue weighted by Gasteiger charge is -2.17. The van der Waals surface area contributed by atoms with Crippen molar-refractivity contribution in [2.75, 3.05) is 23.7 Å². The molecule has 0 aliphatic carbocycles. The number of hydrogen-bond acceptors (Lipinski definition) is 3. The highest BCUT2D eigenvalue weighted by Crippen LogP contribution is 2.22. The van der Waals surface area contributed by atoms with Gasteiger partial charge in [0, 0.05) is 18.8 Å². The van der Waals surface area contributed by atoms with Gasteiger partial charge in [0.1, 0.15) is 0 Å². The van der Waals surface area contributed by atoms with Crippen molar-refractivity contribution >= 4 is 15.5 Å². The van der Waals surface area contributed by atoms with Crippen LogP contribution in [0.25, 0.3) is 0 Å². The van der Waals surface area contributed by atoms with Gasteiger partial charge in [-0.1, -0.05) is 6.92 Å². The van der Waals surface area contributed by atoms with Crippen LogP contribution >= 0.6 is 0 Å². The Labute approximate surface area is 97.0 Å². The van der Waals surface area contributed by atoms with Crippen LogP contribution in [0, 0.1) is 0 Å². The summed E-state index contributed by atoms with van der Waals surface area (Å²) in [5, 5.41) is 0. The number of benzene rings is 1. The SMILES string of the molecule is CCS(=O)(=O)c1ccc(N2CCCC2)cc1. The van der Waals surface area contributed by atoms with E-state index in [4.69, 9.17) is 0 Å². The molecule has 4 heteroatoms. The minimum atomic E-state index is -3.06. The predicted octanol–water partition coefficient (Wildman–Crippen LogP) is 2.08. The summed E-state index contributed by atoms with van der Waals surface area (Å²) < 4.78 is 23.2. The van der Waals surface area contributed by atoms with Crippen molar-refractivity contribution in [2.24, 2.45) is 0 Å². The Morgan fingerprint density at radius 3 is 2.19 bits per heavy atom. The van der Waals surface area contributed by atoms with Crippen molar-refractivity contribution in [3.8, 4) is 0 Å². The smallest absolute Gasteiger partial charge is 0.178 e. The predicted molar refractivity (Wildman–Crippen MR) is 65.6 cm³/mol. The fourth-order valence-corrected chi connectivity index (χ4v) is 2.89. The molecule has 1 fully saturated rings. The summed E-state index contributed by atoms with van der Waals surface area (Å²) >= 11 is 0. The normalized spacial score (nSPS) is 16.7. The highest BCUT2D eigenvalue weighted by Gasteiger charge is 2.14. The van der Waals surface area contributed by atoms with E-state index in [1.54, 1.807) is 19.1 Å². The van der Waals surface area contributed by atoms with Gasteiger partial charge in [-0.2, -0.15) is 0 Å². The second kappa shape index (κ2) is 4.45. The summed E-state index contributed by atoms with van der Waals surface area (Å²) in [6.07, 6.45) is 2.46. The van der Waals surface area contributed by atoms with Crippen LogP contribution in [0.2, 0.25) is 0 Å².